The number of halogens is 1. The highest BCUT2D eigenvalue weighted by Crippen LogP contribution is 2.27. The van der Waals surface area contributed by atoms with Crippen LogP contribution in [0.15, 0.2) is 23.1 Å². The molecule has 0 bridgehead atoms. The zero-order valence-electron chi connectivity index (χ0n) is 7.90. The standard InChI is InChI=1S/C10H13FO2S/c1-7(5-12)14-10-3-2-9(11)4-8(10)6-13/h2-4,7,12-13H,5-6H2,1H3. The second-order valence-corrected chi connectivity index (χ2v) is 4.50. The molecule has 0 heterocycles. The average molecular weight is 216 g/mol. The summed E-state index contributed by atoms with van der Waals surface area (Å²) in [7, 11) is 0. The maximum absolute atomic E-state index is 12.8. The molecule has 0 fully saturated rings. The third-order valence-corrected chi connectivity index (χ3v) is 2.98. The minimum absolute atomic E-state index is 0.0470. The molecule has 2 nitrogen and oxygen atoms in total. The predicted octanol–water partition coefficient (Wildman–Crippen LogP) is 1.79. The maximum atomic E-state index is 12.8. The Balaban J connectivity index is 2.85. The summed E-state index contributed by atoms with van der Waals surface area (Å²) in [5, 5.41) is 17.9. The second kappa shape index (κ2) is 5.34. The summed E-state index contributed by atoms with van der Waals surface area (Å²) in [5.41, 5.74) is 0.565. The van der Waals surface area contributed by atoms with Gasteiger partial charge in [0.05, 0.1) is 13.2 Å². The van der Waals surface area contributed by atoms with Crippen molar-refractivity contribution in [1.29, 1.82) is 0 Å². The summed E-state index contributed by atoms with van der Waals surface area (Å²) in [5.74, 6) is -0.352. The van der Waals surface area contributed by atoms with Crippen molar-refractivity contribution < 1.29 is 14.6 Å². The second-order valence-electron chi connectivity index (χ2n) is 3.02. The zero-order valence-corrected chi connectivity index (χ0v) is 8.72. The number of aliphatic hydroxyl groups excluding tert-OH is 2. The van der Waals surface area contributed by atoms with Gasteiger partial charge in [0.25, 0.3) is 0 Å². The highest BCUT2D eigenvalue weighted by Gasteiger charge is 2.07. The summed E-state index contributed by atoms with van der Waals surface area (Å²) in [6, 6.07) is 4.29. The van der Waals surface area contributed by atoms with Crippen LogP contribution in [-0.2, 0) is 6.61 Å². The first kappa shape index (κ1) is 11.5. The summed E-state index contributed by atoms with van der Waals surface area (Å²) in [6.45, 7) is 1.75. The number of rotatable bonds is 4. The van der Waals surface area contributed by atoms with Crippen molar-refractivity contribution in [1.82, 2.24) is 0 Å². The summed E-state index contributed by atoms with van der Waals surface area (Å²) >= 11 is 1.43. The number of thioether (sulfide) groups is 1. The van der Waals surface area contributed by atoms with Gasteiger partial charge >= 0.3 is 0 Å². The number of hydrogen-bond acceptors (Lipinski definition) is 3. The van der Waals surface area contributed by atoms with Crippen LogP contribution >= 0.6 is 11.8 Å². The Bertz CT molecular complexity index is 304. The molecule has 0 spiro atoms. The van der Waals surface area contributed by atoms with E-state index in [2.05, 4.69) is 0 Å². The largest absolute Gasteiger partial charge is 0.395 e. The van der Waals surface area contributed by atoms with E-state index in [9.17, 15) is 4.39 Å². The van der Waals surface area contributed by atoms with Crippen LogP contribution in [-0.4, -0.2) is 22.1 Å². The van der Waals surface area contributed by atoms with Crippen molar-refractivity contribution in [3.05, 3.63) is 29.6 Å². The van der Waals surface area contributed by atoms with E-state index in [0.29, 0.717) is 5.56 Å². The zero-order chi connectivity index (χ0) is 10.6. The van der Waals surface area contributed by atoms with Crippen LogP contribution in [0, 0.1) is 5.82 Å². The van der Waals surface area contributed by atoms with Gasteiger partial charge in [0, 0.05) is 10.1 Å². The Labute approximate surface area is 86.8 Å². The summed E-state index contributed by atoms with van der Waals surface area (Å²) in [4.78, 5) is 0.815. The van der Waals surface area contributed by atoms with Gasteiger partial charge in [0.15, 0.2) is 0 Å². The molecule has 0 amide bonds. The lowest BCUT2D eigenvalue weighted by molar-refractivity contribution is 0.278. The third-order valence-electron chi connectivity index (χ3n) is 1.78. The van der Waals surface area contributed by atoms with E-state index in [1.807, 2.05) is 6.92 Å². The quantitative estimate of drug-likeness (QED) is 0.754. The van der Waals surface area contributed by atoms with E-state index in [4.69, 9.17) is 10.2 Å². The van der Waals surface area contributed by atoms with Crippen molar-refractivity contribution in [2.75, 3.05) is 6.61 Å². The molecule has 1 atom stereocenters. The molecule has 0 aromatic heterocycles. The molecule has 14 heavy (non-hydrogen) atoms. The molecule has 4 heteroatoms. The molecule has 1 unspecified atom stereocenters. The topological polar surface area (TPSA) is 40.5 Å². The van der Waals surface area contributed by atoms with Crippen LogP contribution in [0.5, 0.6) is 0 Å². The van der Waals surface area contributed by atoms with Gasteiger partial charge in [-0.2, -0.15) is 0 Å². The predicted molar refractivity (Wildman–Crippen MR) is 54.7 cm³/mol. The van der Waals surface area contributed by atoms with Crippen molar-refractivity contribution >= 4 is 11.8 Å². The first-order valence-electron chi connectivity index (χ1n) is 4.34. The first-order valence-corrected chi connectivity index (χ1v) is 5.22. The van der Waals surface area contributed by atoms with Crippen LogP contribution in [0.2, 0.25) is 0 Å². The van der Waals surface area contributed by atoms with E-state index in [1.165, 1.54) is 23.9 Å². The molecule has 1 aromatic rings. The van der Waals surface area contributed by atoms with Gasteiger partial charge in [-0.1, -0.05) is 6.92 Å². The Morgan fingerprint density at radius 2 is 2.14 bits per heavy atom. The molecule has 1 aromatic carbocycles. The molecular weight excluding hydrogens is 203 g/mol. The fourth-order valence-corrected chi connectivity index (χ4v) is 1.97. The molecule has 0 saturated heterocycles. The van der Waals surface area contributed by atoms with Crippen LogP contribution < -0.4 is 0 Å². The van der Waals surface area contributed by atoms with Crippen LogP contribution in [0.3, 0.4) is 0 Å². The van der Waals surface area contributed by atoms with Gasteiger partial charge in [-0.15, -0.1) is 11.8 Å². The molecule has 0 radical (unpaired) electrons. The Morgan fingerprint density at radius 1 is 1.43 bits per heavy atom. The Morgan fingerprint density at radius 3 is 2.71 bits per heavy atom. The van der Waals surface area contributed by atoms with Gasteiger partial charge < -0.3 is 10.2 Å². The molecule has 2 N–H and O–H groups in total. The van der Waals surface area contributed by atoms with E-state index in [1.54, 1.807) is 6.07 Å². The minimum Gasteiger partial charge on any atom is -0.395 e. The van der Waals surface area contributed by atoms with E-state index >= 15 is 0 Å². The lowest BCUT2D eigenvalue weighted by Crippen LogP contribution is -2.02. The molecule has 0 aliphatic carbocycles. The number of aliphatic hydroxyl groups is 2. The Kier molecular flexibility index (Phi) is 4.38. The lowest BCUT2D eigenvalue weighted by atomic mass is 10.2. The third kappa shape index (κ3) is 2.97. The molecule has 0 saturated carbocycles. The smallest absolute Gasteiger partial charge is 0.123 e. The van der Waals surface area contributed by atoms with Crippen molar-refractivity contribution in [2.45, 2.75) is 23.7 Å². The van der Waals surface area contributed by atoms with Crippen molar-refractivity contribution in [3.63, 3.8) is 0 Å². The first-order chi connectivity index (χ1) is 6.67. The monoisotopic (exact) mass is 216 g/mol. The highest BCUT2D eigenvalue weighted by molar-refractivity contribution is 8.00. The van der Waals surface area contributed by atoms with Gasteiger partial charge in [-0.3, -0.25) is 0 Å². The lowest BCUT2D eigenvalue weighted by Gasteiger charge is -2.10. The van der Waals surface area contributed by atoms with E-state index in [-0.39, 0.29) is 24.3 Å². The SMILES string of the molecule is CC(CO)Sc1ccc(F)cc1CO. The molecule has 0 aliphatic rings. The number of benzene rings is 1. The van der Waals surface area contributed by atoms with Crippen molar-refractivity contribution in [2.24, 2.45) is 0 Å². The van der Waals surface area contributed by atoms with E-state index in [0.717, 1.165) is 4.90 Å². The van der Waals surface area contributed by atoms with Gasteiger partial charge in [-0.05, 0) is 23.8 Å². The normalized spacial score (nSPS) is 12.9. The van der Waals surface area contributed by atoms with Gasteiger partial charge in [0.1, 0.15) is 5.82 Å². The summed E-state index contributed by atoms with van der Waals surface area (Å²) < 4.78 is 12.8. The maximum Gasteiger partial charge on any atom is 0.123 e. The number of hydrogen-bond donors (Lipinski definition) is 2. The van der Waals surface area contributed by atoms with Crippen molar-refractivity contribution in [3.8, 4) is 0 Å². The average Bonchev–Trinajstić information content (AvgIpc) is 2.20. The molecule has 0 aliphatic heterocycles. The summed E-state index contributed by atoms with van der Waals surface area (Å²) in [6.07, 6.45) is 0. The van der Waals surface area contributed by atoms with Crippen LogP contribution in [0.25, 0.3) is 0 Å². The van der Waals surface area contributed by atoms with Gasteiger partial charge in [-0.25, -0.2) is 4.39 Å². The fourth-order valence-electron chi connectivity index (χ4n) is 1.04. The molecular formula is C10H13FO2S. The molecule has 78 valence electrons. The Hall–Kier alpha value is -0.580. The highest BCUT2D eigenvalue weighted by atomic mass is 32.2. The molecule has 1 rings (SSSR count). The minimum atomic E-state index is -0.352. The van der Waals surface area contributed by atoms with E-state index < -0.39 is 0 Å². The fraction of sp³-hybridized carbons (Fsp3) is 0.400. The van der Waals surface area contributed by atoms with Gasteiger partial charge in [0.2, 0.25) is 0 Å². The van der Waals surface area contributed by atoms with Crippen LogP contribution in [0.1, 0.15) is 12.5 Å². The van der Waals surface area contributed by atoms with Crippen LogP contribution in [0.4, 0.5) is 4.39 Å².